The van der Waals surface area contributed by atoms with Gasteiger partial charge in [-0.25, -0.2) is 0 Å². The molecular weight excluding hydrogens is 230 g/mol. The molecule has 5 heteroatoms. The first kappa shape index (κ1) is 14.4. The quantitative estimate of drug-likeness (QED) is 0.690. The molecule has 0 saturated carbocycles. The number of hydrogen-bond donors (Lipinski definition) is 2. The number of nitrogens with zero attached hydrogens (tertiary/aromatic N) is 1. The second-order valence-corrected chi connectivity index (χ2v) is 3.76. The molecule has 0 fully saturated rings. The molecule has 0 aliphatic heterocycles. The van der Waals surface area contributed by atoms with Crippen LogP contribution in [0.4, 0.5) is 5.69 Å². The number of ether oxygens (including phenoxy) is 1. The number of nitrogens with one attached hydrogen (secondary N) is 2. The monoisotopic (exact) mass is 251 g/mol. The van der Waals surface area contributed by atoms with Crippen LogP contribution in [0.15, 0.2) is 18.5 Å². The van der Waals surface area contributed by atoms with Gasteiger partial charge in [-0.1, -0.05) is 0 Å². The molecule has 0 aliphatic carbocycles. The van der Waals surface area contributed by atoms with Crippen molar-refractivity contribution in [2.75, 3.05) is 31.6 Å². The van der Waals surface area contributed by atoms with Gasteiger partial charge in [0.25, 0.3) is 5.91 Å². The molecule has 1 aromatic rings. The van der Waals surface area contributed by atoms with Gasteiger partial charge in [0.1, 0.15) is 0 Å². The van der Waals surface area contributed by atoms with Crippen LogP contribution >= 0.6 is 0 Å². The van der Waals surface area contributed by atoms with E-state index >= 15 is 0 Å². The number of amides is 1. The number of anilines is 1. The maximum Gasteiger partial charge on any atom is 0.253 e. The molecule has 0 unspecified atom stereocenters. The largest absolute Gasteiger partial charge is 0.383 e. The van der Waals surface area contributed by atoms with Crippen molar-refractivity contribution in [2.45, 2.75) is 20.3 Å². The molecular formula is C13H21N3O2. The van der Waals surface area contributed by atoms with Gasteiger partial charge in [0.05, 0.1) is 17.4 Å². The lowest BCUT2D eigenvalue weighted by atomic mass is 10.2. The van der Waals surface area contributed by atoms with Crippen LogP contribution in [0.5, 0.6) is 0 Å². The zero-order valence-corrected chi connectivity index (χ0v) is 11.0. The fourth-order valence-corrected chi connectivity index (χ4v) is 1.54. The Morgan fingerprint density at radius 1 is 1.44 bits per heavy atom. The summed E-state index contributed by atoms with van der Waals surface area (Å²) in [5.74, 6) is -0.0788. The Morgan fingerprint density at radius 3 is 3.00 bits per heavy atom. The average molecular weight is 251 g/mol. The Morgan fingerprint density at radius 2 is 2.28 bits per heavy atom. The lowest BCUT2D eigenvalue weighted by molar-refractivity contribution is 0.0945. The van der Waals surface area contributed by atoms with Crippen molar-refractivity contribution in [1.82, 2.24) is 10.3 Å². The standard InChI is InChI=1S/C13H21N3O2/c1-3-15-12-10-14-8-6-11(12)13(17)16-7-5-9-18-4-2/h6,8,10,15H,3-5,7,9H2,1-2H3,(H,16,17). The maximum absolute atomic E-state index is 12.0. The van der Waals surface area contributed by atoms with Gasteiger partial charge in [-0.05, 0) is 26.3 Å². The number of hydrogen-bond acceptors (Lipinski definition) is 4. The summed E-state index contributed by atoms with van der Waals surface area (Å²) in [7, 11) is 0. The van der Waals surface area contributed by atoms with Crippen molar-refractivity contribution in [3.63, 3.8) is 0 Å². The Kier molecular flexibility index (Phi) is 6.79. The van der Waals surface area contributed by atoms with E-state index < -0.39 is 0 Å². The van der Waals surface area contributed by atoms with E-state index in [0.717, 1.165) is 18.7 Å². The molecule has 1 rings (SSSR count). The highest BCUT2D eigenvalue weighted by Crippen LogP contribution is 2.12. The van der Waals surface area contributed by atoms with Gasteiger partial charge in [0, 0.05) is 32.5 Å². The van der Waals surface area contributed by atoms with E-state index in [1.165, 1.54) is 0 Å². The third-order valence-corrected chi connectivity index (χ3v) is 2.39. The van der Waals surface area contributed by atoms with Crippen LogP contribution in [0.2, 0.25) is 0 Å². The summed E-state index contributed by atoms with van der Waals surface area (Å²) in [5.41, 5.74) is 1.39. The number of carbonyl (C=O) groups is 1. The lowest BCUT2D eigenvalue weighted by Gasteiger charge is -2.10. The summed E-state index contributed by atoms with van der Waals surface area (Å²) >= 11 is 0. The minimum Gasteiger partial charge on any atom is -0.383 e. The smallest absolute Gasteiger partial charge is 0.253 e. The van der Waals surface area contributed by atoms with E-state index in [9.17, 15) is 4.79 Å². The lowest BCUT2D eigenvalue weighted by Crippen LogP contribution is -2.26. The van der Waals surface area contributed by atoms with Crippen LogP contribution in [0.25, 0.3) is 0 Å². The molecule has 0 saturated heterocycles. The first-order chi connectivity index (χ1) is 8.79. The van der Waals surface area contributed by atoms with E-state index in [2.05, 4.69) is 15.6 Å². The molecule has 0 bridgehead atoms. The summed E-state index contributed by atoms with van der Waals surface area (Å²) in [4.78, 5) is 16.0. The molecule has 5 nitrogen and oxygen atoms in total. The first-order valence-corrected chi connectivity index (χ1v) is 6.33. The molecule has 0 aromatic carbocycles. The van der Waals surface area contributed by atoms with Gasteiger partial charge in [0.15, 0.2) is 0 Å². The minimum absolute atomic E-state index is 0.0788. The summed E-state index contributed by atoms with van der Waals surface area (Å²) in [6, 6.07) is 1.72. The average Bonchev–Trinajstić information content (AvgIpc) is 2.39. The van der Waals surface area contributed by atoms with Crippen molar-refractivity contribution in [1.29, 1.82) is 0 Å². The summed E-state index contributed by atoms with van der Waals surface area (Å²) < 4.78 is 5.21. The highest BCUT2D eigenvalue weighted by molar-refractivity contribution is 5.99. The van der Waals surface area contributed by atoms with E-state index in [4.69, 9.17) is 4.74 Å². The molecule has 0 aliphatic rings. The third kappa shape index (κ3) is 4.71. The first-order valence-electron chi connectivity index (χ1n) is 6.33. The van der Waals surface area contributed by atoms with E-state index in [1.54, 1.807) is 18.5 Å². The predicted octanol–water partition coefficient (Wildman–Crippen LogP) is 1.67. The number of rotatable bonds is 8. The van der Waals surface area contributed by atoms with Crippen LogP contribution in [0, 0.1) is 0 Å². The van der Waals surface area contributed by atoms with Crippen molar-refractivity contribution >= 4 is 11.6 Å². The van der Waals surface area contributed by atoms with Gasteiger partial charge in [-0.2, -0.15) is 0 Å². The molecule has 18 heavy (non-hydrogen) atoms. The fourth-order valence-electron chi connectivity index (χ4n) is 1.54. The molecule has 0 radical (unpaired) electrons. The highest BCUT2D eigenvalue weighted by Gasteiger charge is 2.09. The Hall–Kier alpha value is -1.62. The topological polar surface area (TPSA) is 63.2 Å². The highest BCUT2D eigenvalue weighted by atomic mass is 16.5. The fraction of sp³-hybridized carbons (Fsp3) is 0.538. The van der Waals surface area contributed by atoms with E-state index in [-0.39, 0.29) is 5.91 Å². The molecule has 1 amide bonds. The summed E-state index contributed by atoms with van der Waals surface area (Å²) in [5, 5.41) is 5.99. The summed E-state index contributed by atoms with van der Waals surface area (Å²) in [6.07, 6.45) is 4.11. The predicted molar refractivity (Wildman–Crippen MR) is 71.8 cm³/mol. The molecule has 0 spiro atoms. The Balaban J connectivity index is 2.45. The van der Waals surface area contributed by atoms with Crippen LogP contribution < -0.4 is 10.6 Å². The van der Waals surface area contributed by atoms with Crippen LogP contribution in [0.1, 0.15) is 30.6 Å². The van der Waals surface area contributed by atoms with E-state index in [0.29, 0.717) is 25.3 Å². The zero-order valence-electron chi connectivity index (χ0n) is 11.0. The van der Waals surface area contributed by atoms with Gasteiger partial charge >= 0.3 is 0 Å². The molecule has 1 aromatic heterocycles. The molecule has 1 heterocycles. The van der Waals surface area contributed by atoms with Crippen LogP contribution in [-0.2, 0) is 4.74 Å². The van der Waals surface area contributed by atoms with Gasteiger partial charge in [-0.3, -0.25) is 9.78 Å². The van der Waals surface area contributed by atoms with Crippen molar-refractivity contribution in [3.8, 4) is 0 Å². The number of aromatic nitrogens is 1. The van der Waals surface area contributed by atoms with Crippen LogP contribution in [0.3, 0.4) is 0 Å². The third-order valence-electron chi connectivity index (χ3n) is 2.39. The molecule has 2 N–H and O–H groups in total. The molecule has 100 valence electrons. The summed E-state index contributed by atoms with van der Waals surface area (Å²) in [6.45, 7) is 6.70. The van der Waals surface area contributed by atoms with Crippen LogP contribution in [-0.4, -0.2) is 37.2 Å². The van der Waals surface area contributed by atoms with Crippen molar-refractivity contribution in [3.05, 3.63) is 24.0 Å². The number of carbonyl (C=O) groups excluding carboxylic acids is 1. The van der Waals surface area contributed by atoms with Gasteiger partial charge < -0.3 is 15.4 Å². The normalized spacial score (nSPS) is 10.1. The van der Waals surface area contributed by atoms with Crippen molar-refractivity contribution in [2.24, 2.45) is 0 Å². The second kappa shape index (κ2) is 8.47. The van der Waals surface area contributed by atoms with Gasteiger partial charge in [-0.15, -0.1) is 0 Å². The second-order valence-electron chi connectivity index (χ2n) is 3.76. The van der Waals surface area contributed by atoms with Crippen molar-refractivity contribution < 1.29 is 9.53 Å². The Labute approximate surface area is 108 Å². The minimum atomic E-state index is -0.0788. The SMILES string of the molecule is CCNc1cnccc1C(=O)NCCCOCC. The van der Waals surface area contributed by atoms with Gasteiger partial charge in [0.2, 0.25) is 0 Å². The van der Waals surface area contributed by atoms with E-state index in [1.807, 2.05) is 13.8 Å². The Bertz CT molecular complexity index is 369. The maximum atomic E-state index is 12.0. The number of pyridine rings is 1. The molecule has 0 atom stereocenters. The zero-order chi connectivity index (χ0) is 13.2.